The van der Waals surface area contributed by atoms with Crippen LogP contribution in [0.1, 0.15) is 83.3 Å². The fraction of sp³-hybridized carbons (Fsp3) is 0.552. The topological polar surface area (TPSA) is 32.7 Å². The molecule has 1 fully saturated rings. The monoisotopic (exact) mass is 467 g/mol. The largest absolute Gasteiger partial charge is 0.493 e. The molecule has 1 heterocycles. The number of rotatable bonds is 14. The molecule has 2 aromatic rings. The van der Waals surface area contributed by atoms with E-state index in [4.69, 9.17) is 17.0 Å². The molecule has 1 aliphatic heterocycles. The van der Waals surface area contributed by atoms with Crippen LogP contribution in [-0.4, -0.2) is 23.2 Å². The molecule has 1 unspecified atom stereocenters. The molecular formula is C29H41NO2S. The fourth-order valence-corrected chi connectivity index (χ4v) is 5.25. The van der Waals surface area contributed by atoms with Gasteiger partial charge in [-0.2, -0.15) is 0 Å². The molecule has 1 saturated heterocycles. The molecule has 3 atom stereocenters. The highest BCUT2D eigenvalue weighted by Gasteiger charge is 2.37. The number of nitrogens with zero attached hydrogens (tertiary/aromatic N) is 1. The van der Waals surface area contributed by atoms with Gasteiger partial charge in [0.25, 0.3) is 0 Å². The van der Waals surface area contributed by atoms with Crippen LogP contribution >= 0.6 is 12.2 Å². The minimum atomic E-state index is -0.385. The van der Waals surface area contributed by atoms with E-state index in [0.29, 0.717) is 18.4 Å². The zero-order chi connectivity index (χ0) is 23.5. The average molecular weight is 468 g/mol. The predicted molar refractivity (Wildman–Crippen MR) is 143 cm³/mol. The van der Waals surface area contributed by atoms with Crippen LogP contribution in [0.15, 0.2) is 54.6 Å². The molecule has 180 valence electrons. The van der Waals surface area contributed by atoms with Gasteiger partial charge in [-0.3, -0.25) is 0 Å². The van der Waals surface area contributed by atoms with Gasteiger partial charge in [-0.1, -0.05) is 101 Å². The molecule has 4 heteroatoms. The van der Waals surface area contributed by atoms with Crippen LogP contribution in [-0.2, 0) is 0 Å². The van der Waals surface area contributed by atoms with Crippen molar-refractivity contribution < 1.29 is 9.84 Å². The molecule has 0 saturated carbocycles. The van der Waals surface area contributed by atoms with E-state index >= 15 is 0 Å². The summed E-state index contributed by atoms with van der Waals surface area (Å²) in [5.74, 6) is 1.64. The Balaban J connectivity index is 1.60. The van der Waals surface area contributed by atoms with Crippen molar-refractivity contribution in [1.82, 2.24) is 0 Å². The molecule has 0 amide bonds. The van der Waals surface area contributed by atoms with Gasteiger partial charge in [-0.05, 0) is 42.7 Å². The lowest BCUT2D eigenvalue weighted by atomic mass is 9.91. The molecule has 1 aliphatic rings. The van der Waals surface area contributed by atoms with Crippen molar-refractivity contribution in [1.29, 1.82) is 0 Å². The Hall–Kier alpha value is -1.91. The van der Waals surface area contributed by atoms with Gasteiger partial charge < -0.3 is 14.7 Å². The number of benzene rings is 2. The molecule has 3 rings (SSSR count). The van der Waals surface area contributed by atoms with Crippen molar-refractivity contribution in [2.24, 2.45) is 11.8 Å². The number of para-hydroxylation sites is 1. The van der Waals surface area contributed by atoms with Crippen LogP contribution < -0.4 is 9.64 Å². The van der Waals surface area contributed by atoms with Crippen LogP contribution in [0.4, 0.5) is 5.69 Å². The number of aliphatic hydroxyl groups is 1. The van der Waals surface area contributed by atoms with Gasteiger partial charge in [0.15, 0.2) is 0 Å². The lowest BCUT2D eigenvalue weighted by Crippen LogP contribution is -2.25. The highest BCUT2D eigenvalue weighted by Crippen LogP contribution is 2.34. The summed E-state index contributed by atoms with van der Waals surface area (Å²) in [5, 5.41) is 10.4. The first kappa shape index (κ1) is 25.7. The molecule has 0 aliphatic carbocycles. The number of aliphatic hydroxyl groups excluding tert-OH is 1. The number of unbranched alkanes of at least 4 members (excludes halogenated alkanes) is 5. The number of ether oxygens (including phenoxy) is 1. The summed E-state index contributed by atoms with van der Waals surface area (Å²) in [7, 11) is 0. The maximum atomic E-state index is 10.4. The molecule has 2 aromatic carbocycles. The fourth-order valence-electron chi connectivity index (χ4n) is 4.76. The highest BCUT2D eigenvalue weighted by molar-refractivity contribution is 7.80. The SMILES string of the molecule is CCCCCC[C@H]1C(=S)N(c2ccccc2)C[C@@H]1COc1ccc(C(O)CCCCC)cc1. The Labute approximate surface area is 206 Å². The number of thiocarbonyl (C=S) groups is 1. The maximum absolute atomic E-state index is 10.4. The smallest absolute Gasteiger partial charge is 0.119 e. The highest BCUT2D eigenvalue weighted by atomic mass is 32.1. The summed E-state index contributed by atoms with van der Waals surface area (Å²) in [5.41, 5.74) is 2.16. The summed E-state index contributed by atoms with van der Waals surface area (Å²) in [4.78, 5) is 3.38. The zero-order valence-electron chi connectivity index (χ0n) is 20.4. The van der Waals surface area contributed by atoms with E-state index < -0.39 is 0 Å². The second-order valence-corrected chi connectivity index (χ2v) is 9.81. The van der Waals surface area contributed by atoms with Crippen LogP contribution in [0.3, 0.4) is 0 Å². The molecule has 0 bridgehead atoms. The second kappa shape index (κ2) is 13.7. The number of hydrogen-bond acceptors (Lipinski definition) is 3. The Kier molecular flexibility index (Phi) is 10.7. The van der Waals surface area contributed by atoms with E-state index in [1.54, 1.807) is 0 Å². The van der Waals surface area contributed by atoms with Crippen molar-refractivity contribution in [3.8, 4) is 5.75 Å². The Morgan fingerprint density at radius 3 is 2.33 bits per heavy atom. The summed E-state index contributed by atoms with van der Waals surface area (Å²) in [6, 6.07) is 18.5. The predicted octanol–water partition coefficient (Wildman–Crippen LogP) is 7.73. The third-order valence-electron chi connectivity index (χ3n) is 6.82. The van der Waals surface area contributed by atoms with Crippen molar-refractivity contribution in [3.05, 3.63) is 60.2 Å². The minimum Gasteiger partial charge on any atom is -0.493 e. The third kappa shape index (κ3) is 7.55. The van der Waals surface area contributed by atoms with E-state index in [-0.39, 0.29) is 6.10 Å². The number of anilines is 1. The molecule has 0 radical (unpaired) electrons. The summed E-state index contributed by atoms with van der Waals surface area (Å²) in [6.45, 7) is 6.02. The van der Waals surface area contributed by atoms with Gasteiger partial charge >= 0.3 is 0 Å². The van der Waals surface area contributed by atoms with E-state index in [1.165, 1.54) is 44.2 Å². The quantitative estimate of drug-likeness (QED) is 0.228. The van der Waals surface area contributed by atoms with Crippen LogP contribution in [0.25, 0.3) is 0 Å². The van der Waals surface area contributed by atoms with Crippen LogP contribution in [0.5, 0.6) is 5.75 Å². The molecular weight excluding hydrogens is 426 g/mol. The third-order valence-corrected chi connectivity index (χ3v) is 7.34. The van der Waals surface area contributed by atoms with Crippen molar-refractivity contribution in [2.45, 2.75) is 77.7 Å². The Morgan fingerprint density at radius 2 is 1.64 bits per heavy atom. The van der Waals surface area contributed by atoms with Gasteiger partial charge in [0.2, 0.25) is 0 Å². The Morgan fingerprint density at radius 1 is 0.939 bits per heavy atom. The Bertz CT molecular complexity index is 823. The first-order valence-electron chi connectivity index (χ1n) is 12.9. The van der Waals surface area contributed by atoms with E-state index in [0.717, 1.165) is 42.1 Å². The normalized spacial score (nSPS) is 19.1. The standard InChI is InChI=1S/C29H41NO2S/c1-3-5-7-12-15-27-24(21-30(29(27)33)25-13-10-8-11-14-25)22-32-26-19-17-23(18-20-26)28(31)16-9-6-4-2/h8,10-11,13-14,17-20,24,27-28,31H,3-7,9,12,15-16,21-22H2,1-2H3/t24-,27-,28?/m1/s1. The summed E-state index contributed by atoms with van der Waals surface area (Å²) < 4.78 is 6.25. The zero-order valence-corrected chi connectivity index (χ0v) is 21.2. The van der Waals surface area contributed by atoms with Crippen LogP contribution in [0, 0.1) is 11.8 Å². The maximum Gasteiger partial charge on any atom is 0.119 e. The van der Waals surface area contributed by atoms with E-state index in [9.17, 15) is 5.11 Å². The molecule has 0 spiro atoms. The van der Waals surface area contributed by atoms with Crippen molar-refractivity contribution >= 4 is 22.9 Å². The van der Waals surface area contributed by atoms with Crippen molar-refractivity contribution in [3.63, 3.8) is 0 Å². The number of hydrogen-bond donors (Lipinski definition) is 1. The molecule has 0 aromatic heterocycles. The first-order valence-corrected chi connectivity index (χ1v) is 13.3. The summed E-state index contributed by atoms with van der Waals surface area (Å²) in [6.07, 6.45) is 10.0. The van der Waals surface area contributed by atoms with Gasteiger partial charge in [-0.15, -0.1) is 0 Å². The first-order chi connectivity index (χ1) is 16.1. The van der Waals surface area contributed by atoms with Crippen LogP contribution in [0.2, 0.25) is 0 Å². The summed E-state index contributed by atoms with van der Waals surface area (Å²) >= 11 is 5.96. The van der Waals surface area contributed by atoms with Gasteiger partial charge in [0.1, 0.15) is 5.75 Å². The van der Waals surface area contributed by atoms with Gasteiger partial charge in [0, 0.05) is 24.1 Å². The molecule has 1 N–H and O–H groups in total. The molecule has 3 nitrogen and oxygen atoms in total. The minimum absolute atomic E-state index is 0.385. The van der Waals surface area contributed by atoms with Gasteiger partial charge in [0.05, 0.1) is 17.7 Å². The lowest BCUT2D eigenvalue weighted by molar-refractivity contribution is 0.163. The van der Waals surface area contributed by atoms with E-state index in [2.05, 4.69) is 49.1 Å². The lowest BCUT2D eigenvalue weighted by Gasteiger charge is -2.19. The van der Waals surface area contributed by atoms with E-state index in [1.807, 2.05) is 24.3 Å². The second-order valence-electron chi connectivity index (χ2n) is 9.39. The van der Waals surface area contributed by atoms with Gasteiger partial charge in [-0.25, -0.2) is 0 Å². The molecule has 33 heavy (non-hydrogen) atoms. The average Bonchev–Trinajstić information content (AvgIpc) is 3.16. The van der Waals surface area contributed by atoms with Crippen molar-refractivity contribution in [2.75, 3.05) is 18.1 Å².